The number of nitrogens with zero attached hydrogens (tertiary/aromatic N) is 3. The largest absolute Gasteiger partial charge is 0.355 e. The summed E-state index contributed by atoms with van der Waals surface area (Å²) in [7, 11) is 0. The van der Waals surface area contributed by atoms with E-state index in [9.17, 15) is 9.18 Å². The predicted molar refractivity (Wildman–Crippen MR) is 85.5 cm³/mol. The molecule has 1 aliphatic heterocycles. The van der Waals surface area contributed by atoms with Crippen molar-refractivity contribution in [1.29, 1.82) is 0 Å². The van der Waals surface area contributed by atoms with E-state index in [1.807, 2.05) is 0 Å². The molecule has 0 atom stereocenters. The first-order chi connectivity index (χ1) is 10.6. The fraction of sp³-hybridized carbons (Fsp3) is 0.267. The van der Waals surface area contributed by atoms with Gasteiger partial charge < -0.3 is 10.2 Å². The highest BCUT2D eigenvalue weighted by molar-refractivity contribution is 9.10. The summed E-state index contributed by atoms with van der Waals surface area (Å²) >= 11 is 3.17. The van der Waals surface area contributed by atoms with Crippen LogP contribution in [0.15, 0.2) is 34.8 Å². The molecule has 0 saturated carbocycles. The van der Waals surface area contributed by atoms with Gasteiger partial charge in [0.2, 0.25) is 0 Å². The first kappa shape index (κ1) is 14.9. The fourth-order valence-electron chi connectivity index (χ4n) is 2.34. The van der Waals surface area contributed by atoms with Gasteiger partial charge in [-0.15, -0.1) is 10.2 Å². The second-order valence-corrected chi connectivity index (χ2v) is 5.96. The van der Waals surface area contributed by atoms with Crippen molar-refractivity contribution in [2.24, 2.45) is 0 Å². The highest BCUT2D eigenvalue weighted by Crippen LogP contribution is 2.20. The number of hydrogen-bond donors (Lipinski definition) is 1. The number of benzene rings is 1. The molecule has 1 aromatic carbocycles. The summed E-state index contributed by atoms with van der Waals surface area (Å²) in [6.45, 7) is 1.93. The molecule has 5 nitrogen and oxygen atoms in total. The molecule has 0 unspecified atom stereocenters. The van der Waals surface area contributed by atoms with Gasteiger partial charge in [0.05, 0.1) is 5.69 Å². The van der Waals surface area contributed by atoms with E-state index in [-0.39, 0.29) is 11.4 Å². The number of halogens is 2. The minimum absolute atomic E-state index is 0.110. The molecular formula is C15H14BrFN4O. The number of anilines is 2. The van der Waals surface area contributed by atoms with E-state index in [0.717, 1.165) is 31.7 Å². The number of carbonyl (C=O) groups excluding carboxylic acids is 1. The Morgan fingerprint density at radius 3 is 2.59 bits per heavy atom. The summed E-state index contributed by atoms with van der Waals surface area (Å²) in [5, 5.41) is 10.5. The highest BCUT2D eigenvalue weighted by atomic mass is 79.9. The summed E-state index contributed by atoms with van der Waals surface area (Å²) in [6.07, 6.45) is 2.29. The van der Waals surface area contributed by atoms with Crippen molar-refractivity contribution in [3.05, 3.63) is 46.3 Å². The number of aromatic nitrogens is 2. The van der Waals surface area contributed by atoms with Gasteiger partial charge in [-0.3, -0.25) is 4.79 Å². The van der Waals surface area contributed by atoms with Crippen molar-refractivity contribution >= 4 is 33.3 Å². The van der Waals surface area contributed by atoms with Crippen LogP contribution in [0.1, 0.15) is 23.3 Å². The SMILES string of the molecule is O=C(Nc1ccc(Br)cc1F)c1ccc(N2CCCC2)nn1. The van der Waals surface area contributed by atoms with Gasteiger partial charge in [-0.05, 0) is 43.2 Å². The lowest BCUT2D eigenvalue weighted by atomic mass is 10.3. The lowest BCUT2D eigenvalue weighted by molar-refractivity contribution is 0.102. The molecule has 1 fully saturated rings. The Labute approximate surface area is 135 Å². The Hall–Kier alpha value is -2.02. The maximum Gasteiger partial charge on any atom is 0.276 e. The second-order valence-electron chi connectivity index (χ2n) is 5.05. The zero-order valence-corrected chi connectivity index (χ0v) is 13.3. The molecule has 0 radical (unpaired) electrons. The minimum atomic E-state index is -0.510. The van der Waals surface area contributed by atoms with E-state index in [1.165, 1.54) is 12.1 Å². The summed E-state index contributed by atoms with van der Waals surface area (Å²) in [5.74, 6) is -0.227. The molecule has 1 amide bonds. The van der Waals surface area contributed by atoms with Crippen LogP contribution in [0.5, 0.6) is 0 Å². The monoisotopic (exact) mass is 364 g/mol. The van der Waals surface area contributed by atoms with E-state index in [1.54, 1.807) is 18.2 Å². The van der Waals surface area contributed by atoms with Crippen molar-refractivity contribution in [1.82, 2.24) is 10.2 Å². The lowest BCUT2D eigenvalue weighted by Crippen LogP contribution is -2.21. The Balaban J connectivity index is 1.71. The van der Waals surface area contributed by atoms with Crippen molar-refractivity contribution in [2.45, 2.75) is 12.8 Å². The molecular weight excluding hydrogens is 351 g/mol. The van der Waals surface area contributed by atoms with Crippen LogP contribution < -0.4 is 10.2 Å². The van der Waals surface area contributed by atoms with Crippen molar-refractivity contribution in [2.75, 3.05) is 23.3 Å². The molecule has 22 heavy (non-hydrogen) atoms. The van der Waals surface area contributed by atoms with E-state index in [0.29, 0.717) is 4.47 Å². The highest BCUT2D eigenvalue weighted by Gasteiger charge is 2.16. The zero-order chi connectivity index (χ0) is 15.5. The van der Waals surface area contributed by atoms with Crippen LogP contribution in [0.4, 0.5) is 15.9 Å². The van der Waals surface area contributed by atoms with Crippen LogP contribution in [-0.4, -0.2) is 29.2 Å². The molecule has 2 aromatic rings. The van der Waals surface area contributed by atoms with Crippen LogP contribution in [-0.2, 0) is 0 Å². The Morgan fingerprint density at radius 2 is 1.95 bits per heavy atom. The molecule has 1 N–H and O–H groups in total. The zero-order valence-electron chi connectivity index (χ0n) is 11.7. The number of carbonyl (C=O) groups is 1. The Morgan fingerprint density at radius 1 is 1.18 bits per heavy atom. The van der Waals surface area contributed by atoms with Gasteiger partial charge >= 0.3 is 0 Å². The summed E-state index contributed by atoms with van der Waals surface area (Å²) in [6, 6.07) is 7.81. The second kappa shape index (κ2) is 6.39. The average molecular weight is 365 g/mol. The van der Waals surface area contributed by atoms with Gasteiger partial charge in [0, 0.05) is 17.6 Å². The van der Waals surface area contributed by atoms with Crippen LogP contribution in [0.2, 0.25) is 0 Å². The van der Waals surface area contributed by atoms with Gasteiger partial charge in [0.15, 0.2) is 11.5 Å². The topological polar surface area (TPSA) is 58.1 Å². The average Bonchev–Trinajstić information content (AvgIpc) is 3.04. The van der Waals surface area contributed by atoms with E-state index in [4.69, 9.17) is 0 Å². The minimum Gasteiger partial charge on any atom is -0.355 e. The first-order valence-electron chi connectivity index (χ1n) is 6.98. The lowest BCUT2D eigenvalue weighted by Gasteiger charge is -2.15. The summed E-state index contributed by atoms with van der Waals surface area (Å²) in [5.41, 5.74) is 0.267. The summed E-state index contributed by atoms with van der Waals surface area (Å²) in [4.78, 5) is 14.2. The molecule has 114 valence electrons. The normalized spacial score (nSPS) is 14.2. The van der Waals surface area contributed by atoms with Crippen LogP contribution in [0.25, 0.3) is 0 Å². The number of rotatable bonds is 3. The number of nitrogens with one attached hydrogen (secondary N) is 1. The van der Waals surface area contributed by atoms with Gasteiger partial charge in [-0.1, -0.05) is 15.9 Å². The molecule has 3 rings (SSSR count). The third kappa shape index (κ3) is 3.24. The predicted octanol–water partition coefficient (Wildman–Crippen LogP) is 3.23. The maximum absolute atomic E-state index is 13.7. The Bertz CT molecular complexity index is 686. The molecule has 0 aliphatic carbocycles. The van der Waals surface area contributed by atoms with Gasteiger partial charge in [0.1, 0.15) is 5.82 Å². The van der Waals surface area contributed by atoms with Crippen LogP contribution in [0.3, 0.4) is 0 Å². The fourth-order valence-corrected chi connectivity index (χ4v) is 2.67. The van der Waals surface area contributed by atoms with Gasteiger partial charge in [0.25, 0.3) is 5.91 Å². The third-order valence-electron chi connectivity index (χ3n) is 3.49. The van der Waals surface area contributed by atoms with E-state index >= 15 is 0 Å². The number of hydrogen-bond acceptors (Lipinski definition) is 4. The van der Waals surface area contributed by atoms with E-state index < -0.39 is 11.7 Å². The maximum atomic E-state index is 13.7. The van der Waals surface area contributed by atoms with Crippen molar-refractivity contribution in [3.8, 4) is 0 Å². The standard InChI is InChI=1S/C15H14BrFN4O/c16-10-3-4-12(11(17)9-10)18-15(22)13-5-6-14(20-19-13)21-7-1-2-8-21/h3-6,9H,1-2,7-8H2,(H,18,22). The quantitative estimate of drug-likeness (QED) is 0.908. The third-order valence-corrected chi connectivity index (χ3v) is 3.99. The first-order valence-corrected chi connectivity index (χ1v) is 7.78. The molecule has 7 heteroatoms. The number of amides is 1. The molecule has 1 saturated heterocycles. The smallest absolute Gasteiger partial charge is 0.276 e. The van der Waals surface area contributed by atoms with Crippen LogP contribution >= 0.6 is 15.9 Å². The van der Waals surface area contributed by atoms with Gasteiger partial charge in [-0.2, -0.15) is 0 Å². The van der Waals surface area contributed by atoms with Gasteiger partial charge in [-0.25, -0.2) is 4.39 Å². The molecule has 0 spiro atoms. The van der Waals surface area contributed by atoms with E-state index in [2.05, 4.69) is 36.3 Å². The Kier molecular flexibility index (Phi) is 4.33. The molecule has 1 aliphatic rings. The van der Waals surface area contributed by atoms with Crippen LogP contribution in [0, 0.1) is 5.82 Å². The van der Waals surface area contributed by atoms with Crippen molar-refractivity contribution in [3.63, 3.8) is 0 Å². The van der Waals surface area contributed by atoms with Crippen molar-refractivity contribution < 1.29 is 9.18 Å². The molecule has 2 heterocycles. The molecule has 0 bridgehead atoms. The summed E-state index contributed by atoms with van der Waals surface area (Å²) < 4.78 is 14.3. The molecule has 1 aromatic heterocycles.